The van der Waals surface area contributed by atoms with Crippen LogP contribution < -0.4 is 10.2 Å². The molecule has 0 radical (unpaired) electrons. The molecule has 60 heavy (non-hydrogen) atoms. The van der Waals surface area contributed by atoms with Crippen LogP contribution in [0.1, 0.15) is 160 Å². The van der Waals surface area contributed by atoms with Crippen LogP contribution in [0.2, 0.25) is 0 Å². The maximum Gasteiger partial charge on any atom is 0.311 e. The molecule has 0 saturated carbocycles. The Morgan fingerprint density at radius 2 is 1.55 bits per heavy atom. The number of nitrogens with one attached hydrogen (secondary N) is 1. The van der Waals surface area contributed by atoms with Crippen LogP contribution in [0.3, 0.4) is 0 Å². The van der Waals surface area contributed by atoms with E-state index in [2.05, 4.69) is 91.3 Å². The molecule has 1 saturated heterocycles. The molecule has 4 aliphatic rings. The lowest BCUT2D eigenvalue weighted by molar-refractivity contribution is -0.154. The monoisotopic (exact) mass is 825 g/mol. The van der Waals surface area contributed by atoms with Gasteiger partial charge in [-0.1, -0.05) is 61.3 Å². The van der Waals surface area contributed by atoms with E-state index < -0.39 is 5.41 Å². The number of hydrogen-bond acceptors (Lipinski definition) is 8. The van der Waals surface area contributed by atoms with E-state index in [0.29, 0.717) is 41.8 Å². The number of ether oxygens (including phenoxy) is 1. The third-order valence-electron chi connectivity index (χ3n) is 14.2. The number of fused-ring (bicyclic) bond motifs is 2. The Morgan fingerprint density at radius 1 is 0.917 bits per heavy atom. The highest BCUT2D eigenvalue weighted by Gasteiger charge is 2.49. The maximum atomic E-state index is 14.8. The topological polar surface area (TPSA) is 129 Å². The Kier molecular flexibility index (Phi) is 13.6. The minimum absolute atomic E-state index is 0.0924. The summed E-state index contributed by atoms with van der Waals surface area (Å²) in [5.41, 5.74) is 4.71. The van der Waals surface area contributed by atoms with Gasteiger partial charge in [0.2, 0.25) is 17.6 Å². The van der Waals surface area contributed by atoms with Crippen LogP contribution in [0.4, 0.5) is 11.4 Å². The fourth-order valence-corrected chi connectivity index (χ4v) is 9.26. The zero-order valence-corrected chi connectivity index (χ0v) is 39.2. The van der Waals surface area contributed by atoms with E-state index >= 15 is 0 Å². The van der Waals surface area contributed by atoms with Gasteiger partial charge in [-0.2, -0.15) is 0 Å². The third kappa shape index (κ3) is 8.28. The van der Waals surface area contributed by atoms with E-state index in [9.17, 15) is 24.3 Å². The lowest BCUT2D eigenvalue weighted by atomic mass is 9.73. The van der Waals surface area contributed by atoms with Gasteiger partial charge in [-0.25, -0.2) is 4.99 Å². The van der Waals surface area contributed by atoms with E-state index in [4.69, 9.17) is 9.73 Å². The molecule has 10 nitrogen and oxygen atoms in total. The standard InChI is InChI=1S/C50H72N4O6/c1-16-19-21-32(17-2)46(58)52-38-27-40-36(50(14,15)31(9)54(40)29(6)7)25-34(38)43-44(56)42(45(43)57)33-24-35-39(53(28(4)5)30(8)49(35,12)13)26-37(33)51-41(55)22-20-23-60-47(59)48(10,11)18-3/h24-32,56H,16-23H2,1-15H3,(H,51,55). The lowest BCUT2D eigenvalue weighted by Gasteiger charge is -2.34. The van der Waals surface area contributed by atoms with Crippen molar-refractivity contribution in [2.24, 2.45) is 21.7 Å². The highest BCUT2D eigenvalue weighted by Crippen LogP contribution is 2.53. The molecule has 2 amide bonds. The summed E-state index contributed by atoms with van der Waals surface area (Å²) < 4.78 is 5.49. The van der Waals surface area contributed by atoms with Gasteiger partial charge in [0.25, 0.3) is 0 Å². The molecule has 1 fully saturated rings. The Morgan fingerprint density at radius 3 is 2.12 bits per heavy atom. The number of aliphatic hydroxyl groups is 1. The number of hydrogen-bond donors (Lipinski definition) is 2. The van der Waals surface area contributed by atoms with E-state index in [-0.39, 0.29) is 94.4 Å². The van der Waals surface area contributed by atoms with Gasteiger partial charge < -0.3 is 25.0 Å². The van der Waals surface area contributed by atoms with E-state index in [1.807, 2.05) is 52.0 Å². The Hall–Kier alpha value is -4.47. The van der Waals surface area contributed by atoms with E-state index in [1.165, 1.54) is 0 Å². The fraction of sp³-hybridized carbons (Fsp3) is 0.620. The van der Waals surface area contributed by atoms with Crippen LogP contribution >= 0.6 is 0 Å². The zero-order valence-electron chi connectivity index (χ0n) is 39.2. The van der Waals surface area contributed by atoms with Crippen LogP contribution in [0.5, 0.6) is 0 Å². The van der Waals surface area contributed by atoms with Crippen LogP contribution in [0.15, 0.2) is 57.5 Å². The van der Waals surface area contributed by atoms with Gasteiger partial charge in [-0.15, -0.1) is 0 Å². The Balaban J connectivity index is 1.64. The second-order valence-electron chi connectivity index (χ2n) is 19.7. The highest BCUT2D eigenvalue weighted by atomic mass is 16.5. The number of benzene rings is 1. The van der Waals surface area contributed by atoms with Crippen molar-refractivity contribution in [2.45, 2.75) is 178 Å². The molecule has 2 N–H and O–H groups in total. The first-order valence-electron chi connectivity index (χ1n) is 22.5. The zero-order chi connectivity index (χ0) is 44.8. The van der Waals surface area contributed by atoms with Gasteiger partial charge in [0.05, 0.1) is 34.6 Å². The van der Waals surface area contributed by atoms with E-state index in [0.717, 1.165) is 41.8 Å². The molecule has 5 rings (SSSR count). The number of nitrogens with zero attached hydrogens (tertiary/aromatic N) is 3. The predicted molar refractivity (Wildman–Crippen MR) is 243 cm³/mol. The molecule has 2 aliphatic carbocycles. The number of amides is 2. The van der Waals surface area contributed by atoms with Crippen molar-refractivity contribution in [3.8, 4) is 0 Å². The molecule has 0 bridgehead atoms. The summed E-state index contributed by atoms with van der Waals surface area (Å²) in [6.07, 6.45) is 8.27. The van der Waals surface area contributed by atoms with Crippen LogP contribution in [0, 0.1) is 16.7 Å². The second kappa shape index (κ2) is 17.5. The van der Waals surface area contributed by atoms with Gasteiger partial charge in [0.1, 0.15) is 5.76 Å². The number of unbranched alkanes of at least 4 members (excludes halogenated alkanes) is 1. The number of likely N-dealkylation sites (tertiary alicyclic amines) is 1. The molecule has 3 atom stereocenters. The molecular formula is C50H72N4O6. The van der Waals surface area contributed by atoms with Crippen LogP contribution in [-0.2, 0) is 29.3 Å². The number of anilines is 2. The maximum absolute atomic E-state index is 14.8. The molecule has 0 aromatic heterocycles. The lowest BCUT2D eigenvalue weighted by Crippen LogP contribution is -2.42. The molecule has 1 aromatic carbocycles. The molecule has 10 heteroatoms. The number of ketones is 1. The van der Waals surface area contributed by atoms with Crippen molar-refractivity contribution in [3.63, 3.8) is 0 Å². The van der Waals surface area contributed by atoms with Crippen LogP contribution in [-0.4, -0.2) is 70.1 Å². The number of aliphatic hydroxyl groups excluding tert-OH is 1. The average molecular weight is 825 g/mol. The smallest absolute Gasteiger partial charge is 0.311 e. The summed E-state index contributed by atoms with van der Waals surface area (Å²) >= 11 is 0. The average Bonchev–Trinajstić information content (AvgIpc) is 3.49. The number of allylic oxidation sites excluding steroid dienone is 6. The van der Waals surface area contributed by atoms with Gasteiger partial charge in [0.15, 0.2) is 0 Å². The van der Waals surface area contributed by atoms with Crippen molar-refractivity contribution in [2.75, 3.05) is 16.8 Å². The minimum atomic E-state index is -0.602. The Labute approximate surface area is 359 Å². The first-order chi connectivity index (χ1) is 28.0. The summed E-state index contributed by atoms with van der Waals surface area (Å²) in [6, 6.07) is 4.47. The van der Waals surface area contributed by atoms with Crippen molar-refractivity contribution >= 4 is 46.2 Å². The second-order valence-corrected chi connectivity index (χ2v) is 19.7. The highest BCUT2D eigenvalue weighted by molar-refractivity contribution is 6.42. The van der Waals surface area contributed by atoms with Crippen molar-refractivity contribution in [1.29, 1.82) is 0 Å². The molecule has 2 aliphatic heterocycles. The van der Waals surface area contributed by atoms with Crippen LogP contribution in [0.25, 0.3) is 5.57 Å². The molecule has 3 unspecified atom stereocenters. The molecule has 0 spiro atoms. The van der Waals surface area contributed by atoms with E-state index in [1.54, 1.807) is 0 Å². The van der Waals surface area contributed by atoms with Crippen molar-refractivity contribution in [1.82, 2.24) is 4.90 Å². The minimum Gasteiger partial charge on any atom is -0.506 e. The largest absolute Gasteiger partial charge is 0.506 e. The summed E-state index contributed by atoms with van der Waals surface area (Å²) in [4.78, 5) is 64.3. The van der Waals surface area contributed by atoms with Gasteiger partial charge in [-0.3, -0.25) is 19.2 Å². The predicted octanol–water partition coefficient (Wildman–Crippen LogP) is 10.6. The number of carbonyl (C=O) groups is 4. The van der Waals surface area contributed by atoms with Gasteiger partial charge in [-0.05, 0) is 116 Å². The first kappa shape index (κ1) is 46.6. The normalized spacial score (nSPS) is 23.1. The quantitative estimate of drug-likeness (QED) is 0.102. The SMILES string of the molecule is CCCCC(CC)C(=O)N=C1C=C2C(=CC1=C1C(=O)C(c3cc4c(cc3NC(=O)CCCOC(=O)C(C)(C)CC)N(C(C)C)C(C)C4(C)C)=C1O)C(C)(C)C(C)N2C(C)C. The first-order valence-corrected chi connectivity index (χ1v) is 22.5. The summed E-state index contributed by atoms with van der Waals surface area (Å²) in [5.74, 6) is -1.61. The summed E-state index contributed by atoms with van der Waals surface area (Å²) in [6.45, 7) is 31.5. The van der Waals surface area contributed by atoms with Crippen molar-refractivity contribution < 1.29 is 29.0 Å². The number of rotatable bonds is 15. The van der Waals surface area contributed by atoms with Gasteiger partial charge in [0, 0.05) is 69.9 Å². The number of carbonyl (C=O) groups excluding carboxylic acids is 4. The number of aliphatic imine (C=N–C) groups is 1. The Bertz CT molecular complexity index is 2080. The van der Waals surface area contributed by atoms with Crippen molar-refractivity contribution in [3.05, 3.63) is 63.6 Å². The molecule has 1 aromatic rings. The summed E-state index contributed by atoms with van der Waals surface area (Å²) in [7, 11) is 0. The third-order valence-corrected chi connectivity index (χ3v) is 14.2. The fourth-order valence-electron chi connectivity index (χ4n) is 9.26. The molecule has 2 heterocycles. The molecule has 328 valence electrons. The molecular weight excluding hydrogens is 753 g/mol. The number of Topliss-reactive ketones (excluding diaryl/α,β-unsaturated/α-hetero) is 1. The van der Waals surface area contributed by atoms with Gasteiger partial charge >= 0.3 is 5.97 Å². The number of esters is 1. The summed E-state index contributed by atoms with van der Waals surface area (Å²) in [5, 5.41) is 15.3.